The Hall–Kier alpha value is -3.14. The van der Waals surface area contributed by atoms with Gasteiger partial charge in [0, 0.05) is 63.5 Å². The van der Waals surface area contributed by atoms with Gasteiger partial charge in [0.2, 0.25) is 5.91 Å². The maximum Gasteiger partial charge on any atom is 0.219 e. The molecule has 7 nitrogen and oxygen atoms in total. The first-order valence-electron chi connectivity index (χ1n) is 10.9. The lowest BCUT2D eigenvalue weighted by Gasteiger charge is -2.35. The van der Waals surface area contributed by atoms with Gasteiger partial charge in [-0.15, -0.1) is 11.3 Å². The molecule has 2 aromatic heterocycles. The molecule has 10 heteroatoms. The molecule has 2 aliphatic heterocycles. The first-order valence-corrected chi connectivity index (χ1v) is 11.8. The summed E-state index contributed by atoms with van der Waals surface area (Å²) in [6.45, 7) is 3.98. The predicted molar refractivity (Wildman–Crippen MR) is 120 cm³/mol. The van der Waals surface area contributed by atoms with Gasteiger partial charge < -0.3 is 14.5 Å². The molecule has 0 radical (unpaired) electrons. The van der Waals surface area contributed by atoms with E-state index in [0.717, 1.165) is 34.0 Å². The van der Waals surface area contributed by atoms with E-state index >= 15 is 0 Å². The van der Waals surface area contributed by atoms with E-state index in [4.69, 9.17) is 14.7 Å². The van der Waals surface area contributed by atoms with Crippen LogP contribution in [0.4, 0.5) is 14.6 Å². The Morgan fingerprint density at radius 1 is 1.15 bits per heavy atom. The highest BCUT2D eigenvalue weighted by atomic mass is 32.1. The summed E-state index contributed by atoms with van der Waals surface area (Å²) in [4.78, 5) is 30.1. The number of ether oxygens (including phenoxy) is 1. The number of halogens is 2. The van der Waals surface area contributed by atoms with E-state index in [1.807, 2.05) is 5.38 Å². The maximum absolute atomic E-state index is 14.0. The van der Waals surface area contributed by atoms with Gasteiger partial charge in [-0.05, 0) is 12.1 Å². The molecular formula is C23H23F2N5O2S. The van der Waals surface area contributed by atoms with E-state index in [0.29, 0.717) is 45.4 Å². The van der Waals surface area contributed by atoms with E-state index in [9.17, 15) is 13.6 Å². The van der Waals surface area contributed by atoms with Gasteiger partial charge in [-0.2, -0.15) is 0 Å². The van der Waals surface area contributed by atoms with Crippen molar-refractivity contribution in [2.75, 3.05) is 24.5 Å². The van der Waals surface area contributed by atoms with Crippen LogP contribution in [-0.4, -0.2) is 51.5 Å². The molecule has 0 bridgehead atoms. The van der Waals surface area contributed by atoms with Crippen LogP contribution in [0, 0.1) is 11.6 Å². The number of hydrogen-bond acceptors (Lipinski definition) is 7. The minimum absolute atomic E-state index is 0.0296. The SMILES string of the molecule is CC(=O)N1CCc2nc(N3CCC(Oc4ccc(F)cc4F)CC3)c(-c3nccs3)nc2C1. The van der Waals surface area contributed by atoms with Crippen LogP contribution >= 0.6 is 11.3 Å². The minimum Gasteiger partial charge on any atom is -0.487 e. The van der Waals surface area contributed by atoms with Gasteiger partial charge in [0.05, 0.1) is 17.9 Å². The number of rotatable bonds is 4. The number of carbonyl (C=O) groups excluding carboxylic acids is 1. The van der Waals surface area contributed by atoms with Crippen molar-refractivity contribution in [3.8, 4) is 16.5 Å². The lowest BCUT2D eigenvalue weighted by atomic mass is 10.1. The number of aromatic nitrogens is 3. The van der Waals surface area contributed by atoms with Gasteiger partial charge in [0.25, 0.3) is 0 Å². The van der Waals surface area contributed by atoms with Crippen LogP contribution in [0.3, 0.4) is 0 Å². The number of thiazole rings is 1. The van der Waals surface area contributed by atoms with Crippen molar-refractivity contribution in [1.82, 2.24) is 19.9 Å². The number of piperidine rings is 1. The van der Waals surface area contributed by atoms with Gasteiger partial charge in [-0.3, -0.25) is 4.79 Å². The average Bonchev–Trinajstić information content (AvgIpc) is 3.35. The third kappa shape index (κ3) is 4.52. The zero-order valence-electron chi connectivity index (χ0n) is 18.1. The molecule has 5 rings (SSSR count). The fraction of sp³-hybridized carbons (Fsp3) is 0.391. The van der Waals surface area contributed by atoms with E-state index in [2.05, 4.69) is 9.88 Å². The number of nitrogens with zero attached hydrogens (tertiary/aromatic N) is 5. The molecule has 4 heterocycles. The van der Waals surface area contributed by atoms with Gasteiger partial charge in [-0.25, -0.2) is 23.7 Å². The Bertz CT molecular complexity index is 1170. The lowest BCUT2D eigenvalue weighted by molar-refractivity contribution is -0.129. The zero-order valence-corrected chi connectivity index (χ0v) is 18.9. The van der Waals surface area contributed by atoms with Crippen LogP contribution < -0.4 is 9.64 Å². The van der Waals surface area contributed by atoms with Crippen molar-refractivity contribution < 1.29 is 18.3 Å². The molecule has 3 aromatic rings. The average molecular weight is 472 g/mol. The van der Waals surface area contributed by atoms with Gasteiger partial charge >= 0.3 is 0 Å². The van der Waals surface area contributed by atoms with Gasteiger partial charge in [0.1, 0.15) is 22.6 Å². The van der Waals surface area contributed by atoms with Crippen LogP contribution in [0.25, 0.3) is 10.7 Å². The quantitative estimate of drug-likeness (QED) is 0.576. The second kappa shape index (κ2) is 9.01. The Labute approximate surface area is 194 Å². The lowest BCUT2D eigenvalue weighted by Crippen LogP contribution is -2.40. The van der Waals surface area contributed by atoms with Crippen molar-refractivity contribution in [3.63, 3.8) is 0 Å². The summed E-state index contributed by atoms with van der Waals surface area (Å²) in [5.74, 6) is -0.430. The molecule has 1 amide bonds. The molecule has 1 aromatic carbocycles. The molecule has 0 aliphatic carbocycles. The molecule has 0 atom stereocenters. The fourth-order valence-electron chi connectivity index (χ4n) is 4.23. The number of hydrogen-bond donors (Lipinski definition) is 0. The highest BCUT2D eigenvalue weighted by Gasteiger charge is 2.29. The molecule has 0 N–H and O–H groups in total. The normalized spacial score (nSPS) is 16.6. The molecule has 172 valence electrons. The van der Waals surface area contributed by atoms with Crippen LogP contribution in [0.1, 0.15) is 31.2 Å². The molecular weight excluding hydrogens is 448 g/mol. The van der Waals surface area contributed by atoms with Crippen LogP contribution in [-0.2, 0) is 17.8 Å². The van der Waals surface area contributed by atoms with Crippen molar-refractivity contribution in [3.05, 3.63) is 52.8 Å². The first kappa shape index (κ1) is 21.7. The first-order chi connectivity index (χ1) is 16.0. The number of benzene rings is 1. The molecule has 1 fully saturated rings. The number of amides is 1. The second-order valence-corrected chi connectivity index (χ2v) is 9.09. The summed E-state index contributed by atoms with van der Waals surface area (Å²) in [5, 5.41) is 2.69. The fourth-order valence-corrected chi connectivity index (χ4v) is 4.85. The third-order valence-electron chi connectivity index (χ3n) is 6.00. The van der Waals surface area contributed by atoms with Gasteiger partial charge in [0.15, 0.2) is 17.4 Å². The molecule has 0 spiro atoms. The van der Waals surface area contributed by atoms with E-state index in [-0.39, 0.29) is 17.8 Å². The predicted octanol–water partition coefficient (Wildman–Crippen LogP) is 3.83. The molecule has 0 unspecified atom stereocenters. The van der Waals surface area contributed by atoms with E-state index in [1.165, 1.54) is 23.5 Å². The molecule has 1 saturated heterocycles. The van der Waals surface area contributed by atoms with Crippen molar-refractivity contribution in [2.45, 2.75) is 38.8 Å². The van der Waals surface area contributed by atoms with Crippen molar-refractivity contribution in [1.29, 1.82) is 0 Å². The topological polar surface area (TPSA) is 71.5 Å². The summed E-state index contributed by atoms with van der Waals surface area (Å²) < 4.78 is 32.9. The molecule has 0 saturated carbocycles. The van der Waals surface area contributed by atoms with Gasteiger partial charge in [-0.1, -0.05) is 0 Å². The standard InChI is InChI=1S/C23H23F2N5O2S/c1-14(31)30-10-6-18-19(13-30)27-21(23-26-7-11-33-23)22(28-18)29-8-4-16(5-9-29)32-20-3-2-15(24)12-17(20)25/h2-3,7,11-12,16H,4-6,8-10,13H2,1H3. The Kier molecular flexibility index (Phi) is 5.92. The third-order valence-corrected chi connectivity index (χ3v) is 6.78. The summed E-state index contributed by atoms with van der Waals surface area (Å²) >= 11 is 1.50. The van der Waals surface area contributed by atoms with Crippen LogP contribution in [0.15, 0.2) is 29.8 Å². The second-order valence-electron chi connectivity index (χ2n) is 8.20. The zero-order chi connectivity index (χ0) is 22.9. The Balaban J connectivity index is 1.36. The summed E-state index contributed by atoms with van der Waals surface area (Å²) in [6, 6.07) is 3.36. The highest BCUT2D eigenvalue weighted by molar-refractivity contribution is 7.13. The highest BCUT2D eigenvalue weighted by Crippen LogP contribution is 2.33. The van der Waals surface area contributed by atoms with Crippen molar-refractivity contribution >= 4 is 23.1 Å². The minimum atomic E-state index is -0.691. The Morgan fingerprint density at radius 3 is 2.67 bits per heavy atom. The van der Waals surface area contributed by atoms with Crippen molar-refractivity contribution in [2.24, 2.45) is 0 Å². The number of carbonyl (C=O) groups is 1. The monoisotopic (exact) mass is 471 g/mol. The largest absolute Gasteiger partial charge is 0.487 e. The molecule has 33 heavy (non-hydrogen) atoms. The van der Waals surface area contributed by atoms with Crippen LogP contribution in [0.5, 0.6) is 5.75 Å². The van der Waals surface area contributed by atoms with E-state index in [1.54, 1.807) is 18.0 Å². The summed E-state index contributed by atoms with van der Waals surface area (Å²) in [5.41, 5.74) is 2.45. The van der Waals surface area contributed by atoms with E-state index < -0.39 is 11.6 Å². The maximum atomic E-state index is 14.0. The number of fused-ring (bicyclic) bond motifs is 1. The molecule has 2 aliphatic rings. The smallest absolute Gasteiger partial charge is 0.219 e. The van der Waals surface area contributed by atoms with Crippen LogP contribution in [0.2, 0.25) is 0 Å². The Morgan fingerprint density at radius 2 is 1.97 bits per heavy atom. The summed E-state index contributed by atoms with van der Waals surface area (Å²) in [7, 11) is 0. The summed E-state index contributed by atoms with van der Waals surface area (Å²) in [6.07, 6.45) is 3.58. The number of anilines is 1.